The molecule has 1 saturated carbocycles. The molecule has 1 aromatic carbocycles. The minimum atomic E-state index is -0.199. The summed E-state index contributed by atoms with van der Waals surface area (Å²) in [6, 6.07) is 6.35. The number of rotatable bonds is 6. The van der Waals surface area contributed by atoms with Gasteiger partial charge in [0.1, 0.15) is 0 Å². The van der Waals surface area contributed by atoms with Crippen LogP contribution in [0.25, 0.3) is 0 Å². The third-order valence-electron chi connectivity index (χ3n) is 4.30. The van der Waals surface area contributed by atoms with E-state index >= 15 is 0 Å². The van der Waals surface area contributed by atoms with Gasteiger partial charge in [-0.2, -0.15) is 0 Å². The van der Waals surface area contributed by atoms with Crippen molar-refractivity contribution in [1.29, 1.82) is 0 Å². The van der Waals surface area contributed by atoms with Gasteiger partial charge in [0.2, 0.25) is 0 Å². The van der Waals surface area contributed by atoms with Gasteiger partial charge in [-0.1, -0.05) is 19.9 Å². The molecule has 0 aliphatic heterocycles. The lowest BCUT2D eigenvalue weighted by Gasteiger charge is -2.49. The van der Waals surface area contributed by atoms with Crippen LogP contribution >= 0.6 is 0 Å². The molecule has 2 N–H and O–H groups in total. The smallest absolute Gasteiger partial charge is 0.161 e. The Morgan fingerprint density at radius 1 is 1.35 bits per heavy atom. The van der Waals surface area contributed by atoms with Crippen LogP contribution in [0.3, 0.4) is 0 Å². The van der Waals surface area contributed by atoms with Crippen LogP contribution in [0, 0.1) is 5.41 Å². The molecule has 0 radical (unpaired) electrons. The number of benzene rings is 1. The molecule has 1 aromatic rings. The van der Waals surface area contributed by atoms with Gasteiger partial charge in [0.25, 0.3) is 0 Å². The van der Waals surface area contributed by atoms with Crippen molar-refractivity contribution in [1.82, 2.24) is 5.32 Å². The number of methoxy groups -OCH3 is 1. The summed E-state index contributed by atoms with van der Waals surface area (Å²) in [6.45, 7) is 7.54. The summed E-state index contributed by atoms with van der Waals surface area (Å²) in [7, 11) is 1.65. The van der Waals surface area contributed by atoms with Crippen LogP contribution in [-0.4, -0.2) is 31.0 Å². The van der Waals surface area contributed by atoms with Gasteiger partial charge in [0.15, 0.2) is 11.5 Å². The Labute approximate surface area is 121 Å². The van der Waals surface area contributed by atoms with Crippen molar-refractivity contribution in [2.24, 2.45) is 5.41 Å². The molecule has 0 amide bonds. The Balaban J connectivity index is 1.97. The van der Waals surface area contributed by atoms with Crippen LogP contribution in [-0.2, 0) is 6.54 Å². The molecule has 0 aromatic heterocycles. The first kappa shape index (κ1) is 15.1. The zero-order valence-corrected chi connectivity index (χ0v) is 12.8. The Bertz CT molecular complexity index is 459. The summed E-state index contributed by atoms with van der Waals surface area (Å²) < 4.78 is 10.9. The summed E-state index contributed by atoms with van der Waals surface area (Å²) in [6.07, 6.45) is 0.621. The van der Waals surface area contributed by atoms with Gasteiger partial charge >= 0.3 is 0 Å². The van der Waals surface area contributed by atoms with E-state index in [2.05, 4.69) is 19.2 Å². The Morgan fingerprint density at radius 2 is 2.10 bits per heavy atom. The summed E-state index contributed by atoms with van der Waals surface area (Å²) in [5.41, 5.74) is 1.11. The lowest BCUT2D eigenvalue weighted by atomic mass is 9.64. The first-order chi connectivity index (χ1) is 9.48. The van der Waals surface area contributed by atoms with Crippen molar-refractivity contribution in [2.45, 2.75) is 45.9 Å². The van der Waals surface area contributed by atoms with Gasteiger partial charge in [0, 0.05) is 18.0 Å². The Kier molecular flexibility index (Phi) is 4.55. The maximum absolute atomic E-state index is 9.74. The molecule has 2 unspecified atom stereocenters. The maximum atomic E-state index is 9.74. The highest BCUT2D eigenvalue weighted by atomic mass is 16.5. The first-order valence-electron chi connectivity index (χ1n) is 7.20. The van der Waals surface area contributed by atoms with E-state index < -0.39 is 0 Å². The van der Waals surface area contributed by atoms with Crippen molar-refractivity contribution in [3.63, 3.8) is 0 Å². The standard InChI is InChI=1S/C16H25NO3/c1-5-20-12-7-6-11(8-13(12)19-4)10-17-14-9-15(18)16(14,2)3/h6-8,14-15,17-18H,5,9-10H2,1-4H3. The molecule has 2 atom stereocenters. The fourth-order valence-corrected chi connectivity index (χ4v) is 2.59. The van der Waals surface area contributed by atoms with Gasteiger partial charge in [-0.3, -0.25) is 0 Å². The van der Waals surface area contributed by atoms with Gasteiger partial charge in [-0.25, -0.2) is 0 Å². The molecule has 1 fully saturated rings. The summed E-state index contributed by atoms with van der Waals surface area (Å²) in [5, 5.41) is 13.2. The number of ether oxygens (including phenoxy) is 2. The quantitative estimate of drug-likeness (QED) is 0.839. The van der Waals surface area contributed by atoms with Gasteiger partial charge < -0.3 is 19.9 Å². The van der Waals surface area contributed by atoms with E-state index in [9.17, 15) is 5.11 Å². The Morgan fingerprint density at radius 3 is 2.65 bits per heavy atom. The molecule has 1 aliphatic rings. The maximum Gasteiger partial charge on any atom is 0.161 e. The van der Waals surface area contributed by atoms with Crippen molar-refractivity contribution < 1.29 is 14.6 Å². The molecule has 112 valence electrons. The van der Waals surface area contributed by atoms with Crippen LogP contribution in [0.15, 0.2) is 18.2 Å². The predicted molar refractivity (Wildman–Crippen MR) is 79.2 cm³/mol. The number of aliphatic hydroxyl groups is 1. The number of hydrogen-bond acceptors (Lipinski definition) is 4. The van der Waals surface area contributed by atoms with E-state index in [1.807, 2.05) is 25.1 Å². The molecule has 0 saturated heterocycles. The van der Waals surface area contributed by atoms with E-state index in [0.29, 0.717) is 12.6 Å². The van der Waals surface area contributed by atoms with Crippen LogP contribution in [0.5, 0.6) is 11.5 Å². The van der Waals surface area contributed by atoms with Crippen molar-refractivity contribution in [2.75, 3.05) is 13.7 Å². The monoisotopic (exact) mass is 279 g/mol. The molecular weight excluding hydrogens is 254 g/mol. The SMILES string of the molecule is CCOc1ccc(CNC2CC(O)C2(C)C)cc1OC. The van der Waals surface area contributed by atoms with E-state index in [-0.39, 0.29) is 11.5 Å². The van der Waals surface area contributed by atoms with Crippen molar-refractivity contribution in [3.8, 4) is 11.5 Å². The second-order valence-corrected chi connectivity index (χ2v) is 5.92. The third kappa shape index (κ3) is 2.91. The second-order valence-electron chi connectivity index (χ2n) is 5.92. The second kappa shape index (κ2) is 6.02. The Hall–Kier alpha value is -1.26. The summed E-state index contributed by atoms with van der Waals surface area (Å²) in [4.78, 5) is 0. The van der Waals surface area contributed by atoms with E-state index in [1.54, 1.807) is 7.11 Å². The summed E-state index contributed by atoms with van der Waals surface area (Å²) >= 11 is 0. The van der Waals surface area contributed by atoms with Crippen LogP contribution < -0.4 is 14.8 Å². The zero-order valence-electron chi connectivity index (χ0n) is 12.8. The minimum Gasteiger partial charge on any atom is -0.493 e. The van der Waals surface area contributed by atoms with E-state index in [1.165, 1.54) is 0 Å². The van der Waals surface area contributed by atoms with Gasteiger partial charge in [-0.05, 0) is 31.0 Å². The zero-order chi connectivity index (χ0) is 14.8. The highest BCUT2D eigenvalue weighted by Gasteiger charge is 2.46. The number of aliphatic hydroxyl groups excluding tert-OH is 1. The molecule has 0 bridgehead atoms. The average molecular weight is 279 g/mol. The molecule has 20 heavy (non-hydrogen) atoms. The lowest BCUT2D eigenvalue weighted by Crippen LogP contribution is -2.59. The van der Waals surface area contributed by atoms with Gasteiger partial charge in [0.05, 0.1) is 19.8 Å². The van der Waals surface area contributed by atoms with Crippen LogP contribution in [0.4, 0.5) is 0 Å². The van der Waals surface area contributed by atoms with Crippen LogP contribution in [0.1, 0.15) is 32.8 Å². The van der Waals surface area contributed by atoms with Crippen molar-refractivity contribution in [3.05, 3.63) is 23.8 Å². The average Bonchev–Trinajstić information content (AvgIpc) is 2.44. The van der Waals surface area contributed by atoms with Gasteiger partial charge in [-0.15, -0.1) is 0 Å². The highest BCUT2D eigenvalue weighted by molar-refractivity contribution is 5.43. The largest absolute Gasteiger partial charge is 0.493 e. The fourth-order valence-electron chi connectivity index (χ4n) is 2.59. The topological polar surface area (TPSA) is 50.7 Å². The van der Waals surface area contributed by atoms with E-state index in [0.717, 1.165) is 30.0 Å². The molecule has 0 spiro atoms. The normalized spacial score (nSPS) is 24.1. The predicted octanol–water partition coefficient (Wildman–Crippen LogP) is 2.34. The summed E-state index contributed by atoms with van der Waals surface area (Å²) in [5.74, 6) is 1.54. The van der Waals surface area contributed by atoms with E-state index in [4.69, 9.17) is 9.47 Å². The highest BCUT2D eigenvalue weighted by Crippen LogP contribution is 2.40. The molecule has 0 heterocycles. The molecule has 4 heteroatoms. The fraction of sp³-hybridized carbons (Fsp3) is 0.625. The number of nitrogens with one attached hydrogen (secondary N) is 1. The molecular formula is C16H25NO3. The molecule has 4 nitrogen and oxygen atoms in total. The lowest BCUT2D eigenvalue weighted by molar-refractivity contribution is -0.0729. The minimum absolute atomic E-state index is 0.0463. The van der Waals surface area contributed by atoms with Crippen molar-refractivity contribution >= 4 is 0 Å². The molecule has 1 aliphatic carbocycles. The number of hydrogen-bond donors (Lipinski definition) is 2. The third-order valence-corrected chi connectivity index (χ3v) is 4.30. The molecule has 2 rings (SSSR count). The first-order valence-corrected chi connectivity index (χ1v) is 7.20. The van der Waals surface area contributed by atoms with Crippen LogP contribution in [0.2, 0.25) is 0 Å².